The molecule has 5 heteroatoms. The molecule has 0 aliphatic rings. The van der Waals surface area contributed by atoms with Gasteiger partial charge in [0.15, 0.2) is 5.82 Å². The Hall–Kier alpha value is -0.940. The first kappa shape index (κ1) is 13.1. The highest BCUT2D eigenvalue weighted by molar-refractivity contribution is 4.95. The maximum atomic E-state index is 9.67. The topological polar surface area (TPSA) is 62.4 Å². The maximum Gasteiger partial charge on any atom is 0.232 e. The Bertz CT molecular complexity index is 312. The quantitative estimate of drug-likeness (QED) is 0.787. The zero-order valence-corrected chi connectivity index (χ0v) is 10.5. The lowest BCUT2D eigenvalue weighted by Gasteiger charge is -2.11. The monoisotopic (exact) mass is 227 g/mol. The number of aliphatic hydroxyl groups is 1. The molecule has 0 aliphatic heterocycles. The average molecular weight is 227 g/mol. The van der Waals surface area contributed by atoms with E-state index in [2.05, 4.69) is 15.0 Å². The van der Waals surface area contributed by atoms with Crippen LogP contribution in [0.25, 0.3) is 0 Å². The molecule has 1 rings (SSSR count). The molecule has 0 saturated carbocycles. The van der Waals surface area contributed by atoms with Crippen molar-refractivity contribution in [2.24, 2.45) is 0 Å². The van der Waals surface area contributed by atoms with Gasteiger partial charge in [-0.1, -0.05) is 19.0 Å². The predicted octanol–water partition coefficient (Wildman–Crippen LogP) is 1.05. The summed E-state index contributed by atoms with van der Waals surface area (Å²) in [4.78, 5) is 6.36. The Kier molecular flexibility index (Phi) is 4.89. The fourth-order valence-corrected chi connectivity index (χ4v) is 1.40. The van der Waals surface area contributed by atoms with Gasteiger partial charge in [-0.15, -0.1) is 0 Å². The lowest BCUT2D eigenvalue weighted by molar-refractivity contribution is 0.129. The third-order valence-corrected chi connectivity index (χ3v) is 2.65. The molecule has 1 N–H and O–H groups in total. The Morgan fingerprint density at radius 3 is 2.69 bits per heavy atom. The van der Waals surface area contributed by atoms with Crippen LogP contribution in [-0.4, -0.2) is 46.9 Å². The molecule has 0 bridgehead atoms. The fourth-order valence-electron chi connectivity index (χ4n) is 1.40. The lowest BCUT2D eigenvalue weighted by Crippen LogP contribution is -2.16. The van der Waals surface area contributed by atoms with Crippen molar-refractivity contribution in [1.82, 2.24) is 15.0 Å². The van der Waals surface area contributed by atoms with Gasteiger partial charge in [0.05, 0.1) is 12.0 Å². The summed E-state index contributed by atoms with van der Waals surface area (Å²) in [5, 5.41) is 13.6. The van der Waals surface area contributed by atoms with Crippen LogP contribution in [-0.2, 0) is 6.42 Å². The van der Waals surface area contributed by atoms with Gasteiger partial charge in [-0.25, -0.2) is 0 Å². The Labute approximate surface area is 96.5 Å². The molecule has 0 aromatic carbocycles. The van der Waals surface area contributed by atoms with Gasteiger partial charge in [0.25, 0.3) is 0 Å². The molecular weight excluding hydrogens is 206 g/mol. The highest BCUT2D eigenvalue weighted by Gasteiger charge is 2.20. The third-order valence-electron chi connectivity index (χ3n) is 2.65. The third kappa shape index (κ3) is 3.57. The van der Waals surface area contributed by atoms with E-state index in [0.717, 1.165) is 13.0 Å². The van der Waals surface area contributed by atoms with E-state index in [4.69, 9.17) is 4.52 Å². The summed E-state index contributed by atoms with van der Waals surface area (Å²) in [6, 6.07) is 0. The van der Waals surface area contributed by atoms with E-state index >= 15 is 0 Å². The van der Waals surface area contributed by atoms with Crippen molar-refractivity contribution in [2.75, 3.05) is 20.6 Å². The second-order valence-corrected chi connectivity index (χ2v) is 4.37. The maximum absolute atomic E-state index is 9.67. The van der Waals surface area contributed by atoms with Gasteiger partial charge in [0.1, 0.15) is 0 Å². The van der Waals surface area contributed by atoms with Gasteiger partial charge in [0, 0.05) is 13.0 Å². The summed E-state index contributed by atoms with van der Waals surface area (Å²) >= 11 is 0. The van der Waals surface area contributed by atoms with Gasteiger partial charge in [0.2, 0.25) is 5.89 Å². The molecule has 1 aromatic heterocycles. The minimum absolute atomic E-state index is 0.0920. The SMILES string of the molecule is CCC(O)C(C)c1nc(CCN(C)C)no1. The van der Waals surface area contributed by atoms with Crippen molar-refractivity contribution in [2.45, 2.75) is 38.7 Å². The van der Waals surface area contributed by atoms with Gasteiger partial charge in [-0.05, 0) is 20.5 Å². The molecule has 0 spiro atoms. The molecule has 0 fully saturated rings. The number of hydrogen-bond donors (Lipinski definition) is 1. The van der Waals surface area contributed by atoms with E-state index in [-0.39, 0.29) is 5.92 Å². The van der Waals surface area contributed by atoms with Crippen molar-refractivity contribution >= 4 is 0 Å². The molecule has 2 atom stereocenters. The van der Waals surface area contributed by atoms with Crippen molar-refractivity contribution in [3.63, 3.8) is 0 Å². The van der Waals surface area contributed by atoms with E-state index in [0.29, 0.717) is 18.1 Å². The number of aliphatic hydroxyl groups excluding tert-OH is 1. The molecule has 1 heterocycles. The number of likely N-dealkylation sites (N-methyl/N-ethyl adjacent to an activating group) is 1. The summed E-state index contributed by atoms with van der Waals surface area (Å²) in [6.45, 7) is 4.73. The van der Waals surface area contributed by atoms with Gasteiger partial charge >= 0.3 is 0 Å². The van der Waals surface area contributed by atoms with Crippen LogP contribution < -0.4 is 0 Å². The molecule has 1 aromatic rings. The smallest absolute Gasteiger partial charge is 0.232 e. The second kappa shape index (κ2) is 5.96. The number of rotatable bonds is 6. The molecular formula is C11H21N3O2. The van der Waals surface area contributed by atoms with Gasteiger partial charge in [-0.3, -0.25) is 0 Å². The first-order chi connectivity index (χ1) is 7.54. The van der Waals surface area contributed by atoms with Crippen LogP contribution >= 0.6 is 0 Å². The Morgan fingerprint density at radius 1 is 1.44 bits per heavy atom. The first-order valence-corrected chi connectivity index (χ1v) is 5.69. The van der Waals surface area contributed by atoms with Gasteiger partial charge < -0.3 is 14.5 Å². The Balaban J connectivity index is 2.57. The minimum Gasteiger partial charge on any atom is -0.392 e. The van der Waals surface area contributed by atoms with Crippen LogP contribution in [0.2, 0.25) is 0 Å². The zero-order valence-electron chi connectivity index (χ0n) is 10.5. The van der Waals surface area contributed by atoms with E-state index in [1.807, 2.05) is 27.9 Å². The van der Waals surface area contributed by atoms with Crippen LogP contribution in [0.1, 0.15) is 37.9 Å². The van der Waals surface area contributed by atoms with Crippen LogP contribution in [0.4, 0.5) is 0 Å². The molecule has 2 unspecified atom stereocenters. The van der Waals surface area contributed by atoms with E-state index < -0.39 is 6.10 Å². The Morgan fingerprint density at radius 2 is 2.12 bits per heavy atom. The van der Waals surface area contributed by atoms with Crippen LogP contribution in [0, 0.1) is 0 Å². The summed E-state index contributed by atoms with van der Waals surface area (Å²) in [7, 11) is 4.01. The molecule has 92 valence electrons. The summed E-state index contributed by atoms with van der Waals surface area (Å²) < 4.78 is 5.14. The first-order valence-electron chi connectivity index (χ1n) is 5.69. The van der Waals surface area contributed by atoms with Gasteiger partial charge in [-0.2, -0.15) is 4.98 Å². The molecule has 0 amide bonds. The standard InChI is InChI=1S/C11H21N3O2/c1-5-9(15)8(2)11-12-10(13-16-11)6-7-14(3)4/h8-9,15H,5-7H2,1-4H3. The number of hydrogen-bond acceptors (Lipinski definition) is 5. The summed E-state index contributed by atoms with van der Waals surface area (Å²) in [5.41, 5.74) is 0. The highest BCUT2D eigenvalue weighted by Crippen LogP contribution is 2.19. The average Bonchev–Trinajstić information content (AvgIpc) is 2.72. The fraction of sp³-hybridized carbons (Fsp3) is 0.818. The molecule has 5 nitrogen and oxygen atoms in total. The molecule has 0 aliphatic carbocycles. The lowest BCUT2D eigenvalue weighted by atomic mass is 10.0. The van der Waals surface area contributed by atoms with Crippen LogP contribution in [0.15, 0.2) is 4.52 Å². The minimum atomic E-state index is -0.415. The molecule has 0 saturated heterocycles. The van der Waals surface area contributed by atoms with Crippen molar-refractivity contribution in [3.8, 4) is 0 Å². The largest absolute Gasteiger partial charge is 0.392 e. The summed E-state index contributed by atoms with van der Waals surface area (Å²) in [5.74, 6) is 1.15. The highest BCUT2D eigenvalue weighted by atomic mass is 16.5. The predicted molar refractivity (Wildman–Crippen MR) is 61.3 cm³/mol. The van der Waals surface area contributed by atoms with E-state index in [9.17, 15) is 5.11 Å². The van der Waals surface area contributed by atoms with E-state index in [1.165, 1.54) is 0 Å². The van der Waals surface area contributed by atoms with Crippen LogP contribution in [0.3, 0.4) is 0 Å². The van der Waals surface area contributed by atoms with Crippen molar-refractivity contribution in [3.05, 3.63) is 11.7 Å². The molecule has 0 radical (unpaired) electrons. The second-order valence-electron chi connectivity index (χ2n) is 4.37. The van der Waals surface area contributed by atoms with E-state index in [1.54, 1.807) is 0 Å². The number of nitrogens with zero attached hydrogens (tertiary/aromatic N) is 3. The van der Waals surface area contributed by atoms with Crippen molar-refractivity contribution in [1.29, 1.82) is 0 Å². The zero-order chi connectivity index (χ0) is 12.1. The van der Waals surface area contributed by atoms with Crippen LogP contribution in [0.5, 0.6) is 0 Å². The summed E-state index contributed by atoms with van der Waals surface area (Å²) in [6.07, 6.45) is 1.05. The number of aromatic nitrogens is 2. The molecule has 16 heavy (non-hydrogen) atoms. The van der Waals surface area contributed by atoms with Crippen molar-refractivity contribution < 1.29 is 9.63 Å². The normalized spacial score (nSPS) is 15.4.